The lowest BCUT2D eigenvalue weighted by Crippen LogP contribution is -2.17. The van der Waals surface area contributed by atoms with E-state index in [0.29, 0.717) is 0 Å². The van der Waals surface area contributed by atoms with Gasteiger partial charge in [-0.1, -0.05) is 0 Å². The maximum atomic E-state index is 11.8. The topological polar surface area (TPSA) is 132 Å². The Balaban J connectivity index is 2.24. The molecule has 8 nitrogen and oxygen atoms in total. The Labute approximate surface area is 111 Å². The lowest BCUT2D eigenvalue weighted by atomic mass is 10.2. The van der Waals surface area contributed by atoms with Gasteiger partial charge in [-0.15, -0.1) is 0 Å². The van der Waals surface area contributed by atoms with E-state index in [2.05, 4.69) is 15.3 Å². The summed E-state index contributed by atoms with van der Waals surface area (Å²) in [6, 6.07) is 3.60. The quantitative estimate of drug-likeness (QED) is 0.600. The second-order valence-electron chi connectivity index (χ2n) is 3.79. The molecule has 1 aromatic heterocycles. The van der Waals surface area contributed by atoms with E-state index in [1.54, 1.807) is 0 Å². The molecule has 0 aliphatic rings. The lowest BCUT2D eigenvalue weighted by molar-refractivity contribution is 0.0693. The summed E-state index contributed by atoms with van der Waals surface area (Å²) < 4.78 is 0. The third-order valence-electron chi connectivity index (χ3n) is 2.39. The summed E-state index contributed by atoms with van der Waals surface area (Å²) in [7, 11) is 0. The Morgan fingerprint density at radius 2 is 2.05 bits per heavy atom. The lowest BCUT2D eigenvalue weighted by Gasteiger charge is -2.06. The summed E-state index contributed by atoms with van der Waals surface area (Å²) in [5, 5.41) is 20.6. The summed E-state index contributed by atoms with van der Waals surface area (Å²) in [5.74, 6) is -2.35. The van der Waals surface area contributed by atoms with Crippen molar-refractivity contribution in [3.05, 3.63) is 52.2 Å². The van der Waals surface area contributed by atoms with E-state index < -0.39 is 23.2 Å². The third kappa shape index (κ3) is 2.80. The second kappa shape index (κ2) is 5.22. The zero-order valence-electron chi connectivity index (χ0n) is 9.95. The fraction of sp³-hybridized carbons (Fsp3) is 0. The van der Waals surface area contributed by atoms with Gasteiger partial charge in [-0.3, -0.25) is 9.59 Å². The first-order valence-electron chi connectivity index (χ1n) is 5.40. The van der Waals surface area contributed by atoms with Crippen molar-refractivity contribution in [1.29, 1.82) is 0 Å². The molecule has 4 N–H and O–H groups in total. The highest BCUT2D eigenvalue weighted by Crippen LogP contribution is 2.21. The number of H-pyrrole nitrogens is 1. The van der Waals surface area contributed by atoms with Gasteiger partial charge in [-0.2, -0.15) is 0 Å². The third-order valence-corrected chi connectivity index (χ3v) is 2.39. The number of anilines is 1. The van der Waals surface area contributed by atoms with E-state index in [1.165, 1.54) is 6.07 Å². The van der Waals surface area contributed by atoms with E-state index in [9.17, 15) is 19.5 Å². The van der Waals surface area contributed by atoms with Gasteiger partial charge in [0.1, 0.15) is 17.0 Å². The summed E-state index contributed by atoms with van der Waals surface area (Å²) in [6.07, 6.45) is 2.09. The van der Waals surface area contributed by atoms with Gasteiger partial charge in [0.15, 0.2) is 0 Å². The molecule has 0 spiro atoms. The fourth-order valence-corrected chi connectivity index (χ4v) is 1.45. The van der Waals surface area contributed by atoms with Crippen LogP contribution in [-0.4, -0.2) is 32.1 Å². The fourth-order valence-electron chi connectivity index (χ4n) is 1.45. The van der Waals surface area contributed by atoms with Crippen molar-refractivity contribution in [2.75, 3.05) is 5.32 Å². The van der Waals surface area contributed by atoms with Crippen molar-refractivity contribution in [3.63, 3.8) is 0 Å². The summed E-state index contributed by atoms with van der Waals surface area (Å²) in [5.41, 5.74) is -0.635. The number of hydrogen-bond donors (Lipinski definition) is 4. The minimum absolute atomic E-state index is 0.0328. The van der Waals surface area contributed by atoms with Crippen molar-refractivity contribution in [2.24, 2.45) is 0 Å². The van der Waals surface area contributed by atoms with Gasteiger partial charge in [0.25, 0.3) is 11.5 Å². The molecule has 0 saturated carbocycles. The first-order chi connectivity index (χ1) is 9.47. The van der Waals surface area contributed by atoms with Gasteiger partial charge < -0.3 is 20.5 Å². The number of aromatic amines is 1. The van der Waals surface area contributed by atoms with Crippen LogP contribution in [0.25, 0.3) is 0 Å². The van der Waals surface area contributed by atoms with Gasteiger partial charge in [0.05, 0.1) is 6.20 Å². The zero-order chi connectivity index (χ0) is 14.7. The van der Waals surface area contributed by atoms with Gasteiger partial charge in [-0.05, 0) is 18.2 Å². The first kappa shape index (κ1) is 13.3. The minimum Gasteiger partial charge on any atom is -0.507 e. The monoisotopic (exact) mass is 275 g/mol. The number of benzene rings is 1. The molecular formula is C12H9N3O5. The highest BCUT2D eigenvalue weighted by Gasteiger charge is 2.13. The van der Waals surface area contributed by atoms with Gasteiger partial charge in [-0.25, -0.2) is 9.78 Å². The molecule has 0 atom stereocenters. The first-order valence-corrected chi connectivity index (χ1v) is 5.40. The van der Waals surface area contributed by atoms with Crippen LogP contribution in [0.2, 0.25) is 0 Å². The molecule has 1 heterocycles. The SMILES string of the molecule is O=C(Nc1ccc(O)c(C(=O)O)c1)c1c[nH]c(=O)cn1. The Morgan fingerprint density at radius 1 is 1.30 bits per heavy atom. The Hall–Kier alpha value is -3.16. The number of nitrogens with zero attached hydrogens (tertiary/aromatic N) is 1. The molecule has 0 unspecified atom stereocenters. The van der Waals surface area contributed by atoms with Crippen molar-refractivity contribution in [3.8, 4) is 5.75 Å². The molecule has 2 aromatic rings. The van der Waals surface area contributed by atoms with Crippen LogP contribution in [0.15, 0.2) is 35.4 Å². The van der Waals surface area contributed by atoms with Crippen molar-refractivity contribution in [2.45, 2.75) is 0 Å². The smallest absolute Gasteiger partial charge is 0.339 e. The standard InChI is InChI=1S/C12H9N3O5/c16-9-2-1-6(3-7(9)12(19)20)15-11(18)8-4-14-10(17)5-13-8/h1-5,16H,(H,14,17)(H,15,18)(H,19,20). The second-order valence-corrected chi connectivity index (χ2v) is 3.79. The van der Waals surface area contributed by atoms with Crippen molar-refractivity contribution in [1.82, 2.24) is 9.97 Å². The predicted molar refractivity (Wildman–Crippen MR) is 67.9 cm³/mol. The number of rotatable bonds is 3. The molecule has 1 aromatic carbocycles. The molecule has 0 aliphatic heterocycles. The van der Waals surface area contributed by atoms with Crippen LogP contribution in [0.5, 0.6) is 5.75 Å². The van der Waals surface area contributed by atoms with Crippen LogP contribution in [0.1, 0.15) is 20.8 Å². The number of carboxylic acids is 1. The highest BCUT2D eigenvalue weighted by molar-refractivity contribution is 6.03. The molecule has 0 radical (unpaired) electrons. The number of aromatic nitrogens is 2. The number of carboxylic acid groups (broad SMARTS) is 1. The number of carbonyl (C=O) groups is 2. The molecular weight excluding hydrogens is 266 g/mol. The zero-order valence-corrected chi connectivity index (χ0v) is 9.95. The van der Waals surface area contributed by atoms with Crippen molar-refractivity contribution < 1.29 is 19.8 Å². The van der Waals surface area contributed by atoms with E-state index in [1.807, 2.05) is 0 Å². The number of amides is 1. The molecule has 2 rings (SSSR count). The van der Waals surface area contributed by atoms with Crippen LogP contribution in [0.3, 0.4) is 0 Å². The van der Waals surface area contributed by atoms with E-state index >= 15 is 0 Å². The maximum absolute atomic E-state index is 11.8. The summed E-state index contributed by atoms with van der Waals surface area (Å²) >= 11 is 0. The largest absolute Gasteiger partial charge is 0.507 e. The van der Waals surface area contributed by atoms with Gasteiger partial charge in [0.2, 0.25) is 0 Å². The molecule has 0 bridgehead atoms. The van der Waals surface area contributed by atoms with Crippen molar-refractivity contribution >= 4 is 17.6 Å². The molecule has 20 heavy (non-hydrogen) atoms. The average molecular weight is 275 g/mol. The molecule has 0 aliphatic carbocycles. The predicted octanol–water partition coefficient (Wildman–Crippen LogP) is 0.426. The summed E-state index contributed by atoms with van der Waals surface area (Å²) in [6.45, 7) is 0. The molecule has 0 fully saturated rings. The van der Waals surface area contributed by atoms with Gasteiger partial charge >= 0.3 is 5.97 Å². The average Bonchev–Trinajstić information content (AvgIpc) is 2.41. The number of nitrogens with one attached hydrogen (secondary N) is 2. The summed E-state index contributed by atoms with van der Waals surface area (Å²) in [4.78, 5) is 39.4. The Kier molecular flexibility index (Phi) is 3.47. The Bertz CT molecular complexity index is 718. The van der Waals surface area contributed by atoms with Gasteiger partial charge in [0, 0.05) is 11.9 Å². The molecule has 1 amide bonds. The van der Waals surface area contributed by atoms with Crippen LogP contribution in [0, 0.1) is 0 Å². The number of aromatic hydroxyl groups is 1. The normalized spacial score (nSPS) is 10.0. The van der Waals surface area contributed by atoms with Crippen LogP contribution >= 0.6 is 0 Å². The molecule has 8 heteroatoms. The van der Waals surface area contributed by atoms with Crippen LogP contribution in [0.4, 0.5) is 5.69 Å². The van der Waals surface area contributed by atoms with Crippen LogP contribution < -0.4 is 10.9 Å². The number of hydrogen-bond acceptors (Lipinski definition) is 5. The number of aromatic carboxylic acids is 1. The molecule has 102 valence electrons. The van der Waals surface area contributed by atoms with E-state index in [-0.39, 0.29) is 16.9 Å². The molecule has 0 saturated heterocycles. The maximum Gasteiger partial charge on any atom is 0.339 e. The highest BCUT2D eigenvalue weighted by atomic mass is 16.4. The van der Waals surface area contributed by atoms with Crippen LogP contribution in [-0.2, 0) is 0 Å². The number of carbonyl (C=O) groups excluding carboxylic acids is 1. The number of phenols is 1. The van der Waals surface area contributed by atoms with E-state index in [0.717, 1.165) is 24.5 Å². The van der Waals surface area contributed by atoms with E-state index in [4.69, 9.17) is 5.11 Å². The Morgan fingerprint density at radius 3 is 2.65 bits per heavy atom. The minimum atomic E-state index is -1.32.